The zero-order chi connectivity index (χ0) is 10.2. The molecule has 0 amide bonds. The summed E-state index contributed by atoms with van der Waals surface area (Å²) in [6.45, 7) is 1.98. The van der Waals surface area contributed by atoms with Crippen LogP contribution in [0.4, 0.5) is 0 Å². The van der Waals surface area contributed by atoms with E-state index in [1.54, 1.807) is 11.3 Å². The first-order chi connectivity index (χ1) is 6.57. The first kappa shape index (κ1) is 10.1. The topological polar surface area (TPSA) is 59.1 Å². The number of hydrogen-bond donors (Lipinski definition) is 2. The molecule has 0 radical (unpaired) electrons. The third-order valence-electron chi connectivity index (χ3n) is 2.80. The molecule has 4 heteroatoms. The molecular formula is C10H16N2OS. The maximum absolute atomic E-state index is 10.2. The summed E-state index contributed by atoms with van der Waals surface area (Å²) in [5, 5.41) is 13.3. The van der Waals surface area contributed by atoms with Crippen molar-refractivity contribution in [1.82, 2.24) is 4.98 Å². The Morgan fingerprint density at radius 2 is 2.57 bits per heavy atom. The van der Waals surface area contributed by atoms with E-state index in [2.05, 4.69) is 4.98 Å². The van der Waals surface area contributed by atoms with Gasteiger partial charge in [-0.05, 0) is 26.2 Å². The van der Waals surface area contributed by atoms with Crippen molar-refractivity contribution >= 4 is 11.3 Å². The van der Waals surface area contributed by atoms with Crippen LogP contribution < -0.4 is 5.73 Å². The third-order valence-corrected chi connectivity index (χ3v) is 3.62. The van der Waals surface area contributed by atoms with Crippen molar-refractivity contribution in [2.45, 2.75) is 44.2 Å². The minimum atomic E-state index is -0.597. The molecule has 1 saturated carbocycles. The van der Waals surface area contributed by atoms with Gasteiger partial charge in [0.25, 0.3) is 0 Å². The van der Waals surface area contributed by atoms with E-state index >= 15 is 0 Å². The number of aliphatic hydroxyl groups is 1. The number of rotatable bonds is 2. The largest absolute Gasteiger partial charge is 0.389 e. The van der Waals surface area contributed by atoms with Crippen LogP contribution in [0.3, 0.4) is 0 Å². The maximum Gasteiger partial charge on any atom is 0.0897 e. The molecule has 0 saturated heterocycles. The summed E-state index contributed by atoms with van der Waals surface area (Å²) in [6, 6.07) is 0.166. The molecule has 0 aliphatic heterocycles. The van der Waals surface area contributed by atoms with Gasteiger partial charge in [0.2, 0.25) is 0 Å². The summed E-state index contributed by atoms with van der Waals surface area (Å²) >= 11 is 1.63. The van der Waals surface area contributed by atoms with Gasteiger partial charge in [0.05, 0.1) is 16.3 Å². The van der Waals surface area contributed by atoms with Crippen LogP contribution >= 0.6 is 11.3 Å². The Labute approximate surface area is 88.0 Å². The van der Waals surface area contributed by atoms with E-state index < -0.39 is 5.60 Å². The van der Waals surface area contributed by atoms with E-state index in [-0.39, 0.29) is 6.04 Å². The second-order valence-corrected chi connectivity index (χ2v) is 5.32. The molecule has 0 bridgehead atoms. The second kappa shape index (κ2) is 3.61. The average molecular weight is 212 g/mol. The fraction of sp³-hybridized carbons (Fsp3) is 0.700. The number of aromatic nitrogens is 1. The number of nitrogens with two attached hydrogens (primary N) is 1. The average Bonchev–Trinajstić information content (AvgIpc) is 2.60. The van der Waals surface area contributed by atoms with Gasteiger partial charge in [-0.25, -0.2) is 4.98 Å². The first-order valence-electron chi connectivity index (χ1n) is 4.96. The molecule has 1 aromatic rings. The fourth-order valence-corrected chi connectivity index (χ4v) is 2.75. The predicted octanol–water partition coefficient (Wildman–Crippen LogP) is 1.24. The van der Waals surface area contributed by atoms with Gasteiger partial charge < -0.3 is 10.8 Å². The Morgan fingerprint density at radius 3 is 3.07 bits per heavy atom. The van der Waals surface area contributed by atoms with Gasteiger partial charge >= 0.3 is 0 Å². The standard InChI is InChI=1S/C10H16N2OS/c1-7-12-9(6-14-7)5-10(13)3-2-8(11)4-10/h6,8,13H,2-5,11H2,1H3. The molecule has 1 aromatic heterocycles. The van der Waals surface area contributed by atoms with Crippen LogP contribution in [0.5, 0.6) is 0 Å². The van der Waals surface area contributed by atoms with Gasteiger partial charge in [-0.2, -0.15) is 0 Å². The second-order valence-electron chi connectivity index (χ2n) is 4.26. The van der Waals surface area contributed by atoms with Crippen LogP contribution in [0.1, 0.15) is 30.0 Å². The lowest BCUT2D eigenvalue weighted by atomic mass is 9.96. The summed E-state index contributed by atoms with van der Waals surface area (Å²) < 4.78 is 0. The highest BCUT2D eigenvalue weighted by atomic mass is 32.1. The van der Waals surface area contributed by atoms with Crippen molar-refractivity contribution in [1.29, 1.82) is 0 Å². The number of aryl methyl sites for hydroxylation is 1. The van der Waals surface area contributed by atoms with Crippen LogP contribution in [-0.2, 0) is 6.42 Å². The van der Waals surface area contributed by atoms with E-state index in [0.29, 0.717) is 12.8 Å². The summed E-state index contributed by atoms with van der Waals surface area (Å²) in [4.78, 5) is 4.36. The SMILES string of the molecule is Cc1nc(CC2(O)CCC(N)C2)cs1. The number of thiazole rings is 1. The number of hydrogen-bond acceptors (Lipinski definition) is 4. The van der Waals surface area contributed by atoms with Crippen LogP contribution in [0.2, 0.25) is 0 Å². The first-order valence-corrected chi connectivity index (χ1v) is 5.84. The molecule has 1 heterocycles. The summed E-state index contributed by atoms with van der Waals surface area (Å²) in [5.74, 6) is 0. The normalized spacial score (nSPS) is 32.4. The minimum absolute atomic E-state index is 0.166. The molecule has 2 unspecified atom stereocenters. The Bertz CT molecular complexity index is 326. The maximum atomic E-state index is 10.2. The minimum Gasteiger partial charge on any atom is -0.389 e. The van der Waals surface area contributed by atoms with Gasteiger partial charge in [-0.15, -0.1) is 11.3 Å². The van der Waals surface area contributed by atoms with E-state index in [4.69, 9.17) is 5.73 Å². The monoisotopic (exact) mass is 212 g/mol. The van der Waals surface area contributed by atoms with Crippen LogP contribution in [0.25, 0.3) is 0 Å². The van der Waals surface area contributed by atoms with E-state index in [0.717, 1.165) is 23.5 Å². The molecule has 1 fully saturated rings. The van der Waals surface area contributed by atoms with Gasteiger partial charge in [0.15, 0.2) is 0 Å². The molecule has 78 valence electrons. The molecule has 1 aliphatic carbocycles. The van der Waals surface area contributed by atoms with E-state index in [1.165, 1.54) is 0 Å². The zero-order valence-electron chi connectivity index (χ0n) is 8.36. The zero-order valence-corrected chi connectivity index (χ0v) is 9.18. The highest BCUT2D eigenvalue weighted by molar-refractivity contribution is 7.09. The highest BCUT2D eigenvalue weighted by Crippen LogP contribution is 2.32. The predicted molar refractivity (Wildman–Crippen MR) is 57.3 cm³/mol. The van der Waals surface area contributed by atoms with Crippen molar-refractivity contribution in [3.63, 3.8) is 0 Å². The van der Waals surface area contributed by atoms with Crippen molar-refractivity contribution in [2.75, 3.05) is 0 Å². The summed E-state index contributed by atoms with van der Waals surface area (Å²) in [5.41, 5.74) is 6.20. The van der Waals surface area contributed by atoms with E-state index in [9.17, 15) is 5.11 Å². The molecule has 2 atom stereocenters. The lowest BCUT2D eigenvalue weighted by Crippen LogP contribution is -2.30. The molecule has 3 N–H and O–H groups in total. The van der Waals surface area contributed by atoms with Crippen LogP contribution in [0.15, 0.2) is 5.38 Å². The van der Waals surface area contributed by atoms with Crippen LogP contribution in [-0.4, -0.2) is 21.7 Å². The molecular weight excluding hydrogens is 196 g/mol. The quantitative estimate of drug-likeness (QED) is 0.775. The van der Waals surface area contributed by atoms with Gasteiger partial charge in [0, 0.05) is 17.8 Å². The Morgan fingerprint density at radius 1 is 1.79 bits per heavy atom. The van der Waals surface area contributed by atoms with Gasteiger partial charge in [-0.1, -0.05) is 0 Å². The molecule has 3 nitrogen and oxygen atoms in total. The van der Waals surface area contributed by atoms with Crippen LogP contribution in [0, 0.1) is 6.92 Å². The Hall–Kier alpha value is -0.450. The van der Waals surface area contributed by atoms with Gasteiger partial charge in [-0.3, -0.25) is 0 Å². The fourth-order valence-electron chi connectivity index (χ4n) is 2.13. The molecule has 14 heavy (non-hydrogen) atoms. The molecule has 0 aromatic carbocycles. The molecule has 1 aliphatic rings. The molecule has 2 rings (SSSR count). The highest BCUT2D eigenvalue weighted by Gasteiger charge is 2.36. The summed E-state index contributed by atoms with van der Waals surface area (Å²) in [7, 11) is 0. The third kappa shape index (κ3) is 2.13. The van der Waals surface area contributed by atoms with Crippen molar-refractivity contribution in [2.24, 2.45) is 5.73 Å². The number of nitrogens with zero attached hydrogens (tertiary/aromatic N) is 1. The Balaban J connectivity index is 2.03. The Kier molecular flexibility index (Phi) is 2.60. The van der Waals surface area contributed by atoms with Crippen molar-refractivity contribution in [3.8, 4) is 0 Å². The van der Waals surface area contributed by atoms with Crippen molar-refractivity contribution < 1.29 is 5.11 Å². The summed E-state index contributed by atoms with van der Waals surface area (Å²) in [6.07, 6.45) is 3.11. The van der Waals surface area contributed by atoms with Crippen molar-refractivity contribution in [3.05, 3.63) is 16.1 Å². The smallest absolute Gasteiger partial charge is 0.0897 e. The lowest BCUT2D eigenvalue weighted by Gasteiger charge is -2.20. The lowest BCUT2D eigenvalue weighted by molar-refractivity contribution is 0.0460. The van der Waals surface area contributed by atoms with Gasteiger partial charge in [0.1, 0.15) is 0 Å². The molecule has 0 spiro atoms. The van der Waals surface area contributed by atoms with E-state index in [1.807, 2.05) is 12.3 Å².